The van der Waals surface area contributed by atoms with Gasteiger partial charge in [-0.3, -0.25) is 9.97 Å². The summed E-state index contributed by atoms with van der Waals surface area (Å²) in [5.41, 5.74) is 28.3. The van der Waals surface area contributed by atoms with Crippen LogP contribution in [0.4, 0.5) is 5.69 Å². The van der Waals surface area contributed by atoms with Crippen LogP contribution in [0, 0.1) is 0 Å². The molecule has 362 valence electrons. The van der Waals surface area contributed by atoms with Crippen molar-refractivity contribution in [1.82, 2.24) is 15.3 Å². The first-order valence-corrected chi connectivity index (χ1v) is 26.3. The highest BCUT2D eigenvalue weighted by Crippen LogP contribution is 2.49. The highest BCUT2D eigenvalue weighted by molar-refractivity contribution is 6.10. The van der Waals surface area contributed by atoms with E-state index in [1.807, 2.05) is 18.5 Å². The van der Waals surface area contributed by atoms with E-state index < -0.39 is 0 Å². The van der Waals surface area contributed by atoms with Crippen molar-refractivity contribution in [2.45, 2.75) is 0 Å². The van der Waals surface area contributed by atoms with Crippen LogP contribution < -0.4 is 10.2 Å². The van der Waals surface area contributed by atoms with E-state index in [-0.39, 0.29) is 0 Å². The first kappa shape index (κ1) is 45.5. The molecule has 2 aliphatic rings. The molecule has 0 saturated heterocycles. The fourth-order valence-corrected chi connectivity index (χ4v) is 11.4. The second-order valence-electron chi connectivity index (χ2n) is 19.7. The zero-order valence-corrected chi connectivity index (χ0v) is 42.2. The van der Waals surface area contributed by atoms with Gasteiger partial charge in [0, 0.05) is 51.3 Å². The molecule has 0 bridgehead atoms. The molecule has 4 heteroatoms. The maximum Gasteiger partial charge on any atom is 0.0927 e. The molecule has 12 aromatic rings. The predicted molar refractivity (Wildman–Crippen MR) is 320 cm³/mol. The van der Waals surface area contributed by atoms with Gasteiger partial charge >= 0.3 is 0 Å². The highest BCUT2D eigenvalue weighted by atomic mass is 15.3. The van der Waals surface area contributed by atoms with Gasteiger partial charge in [0.15, 0.2) is 0 Å². The lowest BCUT2D eigenvalue weighted by molar-refractivity contribution is 0.913. The second kappa shape index (κ2) is 19.6. The molecule has 10 aromatic carbocycles. The van der Waals surface area contributed by atoms with E-state index in [1.165, 1.54) is 44.8 Å². The molecule has 0 atom stereocenters. The molecule has 77 heavy (non-hydrogen) atoms. The van der Waals surface area contributed by atoms with E-state index >= 15 is 0 Å². The fourth-order valence-electron chi connectivity index (χ4n) is 11.4. The summed E-state index contributed by atoms with van der Waals surface area (Å²) in [6.07, 6.45) is 4.04. The summed E-state index contributed by atoms with van der Waals surface area (Å²) in [5, 5.41) is 3.90. The second-order valence-corrected chi connectivity index (χ2v) is 19.7. The van der Waals surface area contributed by atoms with Crippen LogP contribution in [0.2, 0.25) is 0 Å². The third kappa shape index (κ3) is 8.48. The molecule has 0 spiro atoms. The van der Waals surface area contributed by atoms with E-state index in [9.17, 15) is 0 Å². The van der Waals surface area contributed by atoms with Gasteiger partial charge in [0.1, 0.15) is 0 Å². The Morgan fingerprint density at radius 2 is 0.636 bits per heavy atom. The van der Waals surface area contributed by atoms with Crippen molar-refractivity contribution in [3.63, 3.8) is 0 Å². The van der Waals surface area contributed by atoms with Crippen molar-refractivity contribution in [2.24, 2.45) is 0 Å². The fraction of sp³-hybridized carbons (Fsp3) is 0.0137. The predicted octanol–water partition coefficient (Wildman–Crippen LogP) is 18.4. The minimum atomic E-state index is 0.675. The number of pyridine rings is 2. The summed E-state index contributed by atoms with van der Waals surface area (Å²) in [7, 11) is 0. The molecule has 14 rings (SSSR count). The minimum Gasteiger partial charge on any atom is -0.365 e. The Bertz CT molecular complexity index is 4180. The Hall–Kier alpha value is -10.2. The first-order valence-electron chi connectivity index (χ1n) is 26.3. The molecule has 4 nitrogen and oxygen atoms in total. The van der Waals surface area contributed by atoms with Crippen LogP contribution >= 0.6 is 0 Å². The number of hydrogen-bond acceptors (Lipinski definition) is 4. The number of anilines is 1. The van der Waals surface area contributed by atoms with Crippen LogP contribution in [-0.2, 0) is 0 Å². The summed E-state index contributed by atoms with van der Waals surface area (Å²) in [6.45, 7) is 0.675. The maximum atomic E-state index is 5.15. The molecule has 2 aliphatic heterocycles. The lowest BCUT2D eigenvalue weighted by Crippen LogP contribution is -2.25. The quantitative estimate of drug-likeness (QED) is 0.148. The van der Waals surface area contributed by atoms with Gasteiger partial charge in [-0.15, -0.1) is 0 Å². The number of nitrogens with zero attached hydrogens (tertiary/aromatic N) is 3. The lowest BCUT2D eigenvalue weighted by atomic mass is 9.86. The van der Waals surface area contributed by atoms with Gasteiger partial charge in [-0.05, 0) is 115 Å². The number of fused-ring (bicyclic) bond motifs is 6. The number of rotatable bonds is 10. The third-order valence-corrected chi connectivity index (χ3v) is 15.2. The van der Waals surface area contributed by atoms with Crippen LogP contribution in [0.25, 0.3) is 123 Å². The number of nitrogens with one attached hydrogen (secondary N) is 1. The van der Waals surface area contributed by atoms with E-state index in [2.05, 4.69) is 277 Å². The molecule has 1 N–H and O–H groups in total. The molecule has 0 amide bonds. The molecule has 0 radical (unpaired) electrons. The van der Waals surface area contributed by atoms with Crippen molar-refractivity contribution in [3.05, 3.63) is 297 Å². The van der Waals surface area contributed by atoms with Crippen molar-refractivity contribution in [3.8, 4) is 112 Å². The number of para-hydroxylation sites is 1. The number of aromatic nitrogens is 2. The van der Waals surface area contributed by atoms with Crippen molar-refractivity contribution < 1.29 is 0 Å². The lowest BCUT2D eigenvalue weighted by Gasteiger charge is -2.31. The normalized spacial score (nSPS) is 12.4. The highest BCUT2D eigenvalue weighted by Gasteiger charge is 2.34. The van der Waals surface area contributed by atoms with Crippen molar-refractivity contribution in [1.29, 1.82) is 0 Å². The molecular weight excluding hydrogens is 933 g/mol. The zero-order valence-electron chi connectivity index (χ0n) is 42.2. The standard InChI is InChI=1S/C73H50N4/c1-3-18-49(19-4-1)50-34-36-51(37-35-50)53-22-17-23-54(42-53)70-41-39-56(47-75-70)61-25-8-10-27-63(61)58-43-57(62-26-9-7-24-60(62)55-38-40-69(74-46-55)52-20-5-2-6-21-52)44-59(45-58)64-28-11-13-31-67(64)72-73-68-32-14-12-29-65(68)66-30-15-16-33-71(66)77(73)48-76-72/h1-47,76H,48H2. The largest absolute Gasteiger partial charge is 0.365 e. The van der Waals surface area contributed by atoms with E-state index in [0.717, 1.165) is 95.0 Å². The summed E-state index contributed by atoms with van der Waals surface area (Å²) in [5.74, 6) is 0. The summed E-state index contributed by atoms with van der Waals surface area (Å²) < 4.78 is 0. The van der Waals surface area contributed by atoms with Gasteiger partial charge < -0.3 is 10.2 Å². The molecule has 4 heterocycles. The van der Waals surface area contributed by atoms with E-state index in [1.54, 1.807) is 0 Å². The molecule has 0 saturated carbocycles. The van der Waals surface area contributed by atoms with Crippen LogP contribution in [0.15, 0.2) is 285 Å². The van der Waals surface area contributed by atoms with Gasteiger partial charge in [0.2, 0.25) is 0 Å². The first-order chi connectivity index (χ1) is 38.2. The van der Waals surface area contributed by atoms with Crippen molar-refractivity contribution in [2.75, 3.05) is 11.6 Å². The molecule has 0 fully saturated rings. The Morgan fingerprint density at radius 3 is 1.19 bits per heavy atom. The van der Waals surface area contributed by atoms with Gasteiger partial charge in [-0.1, -0.05) is 231 Å². The average Bonchev–Trinajstić information content (AvgIpc) is 3.98. The molecule has 0 unspecified atom stereocenters. The summed E-state index contributed by atoms with van der Waals surface area (Å²) in [6, 6.07) is 98.2. The van der Waals surface area contributed by atoms with E-state index in [0.29, 0.717) is 6.67 Å². The zero-order chi connectivity index (χ0) is 51.1. The van der Waals surface area contributed by atoms with Crippen LogP contribution in [0.5, 0.6) is 0 Å². The maximum absolute atomic E-state index is 5.15. The topological polar surface area (TPSA) is 41.0 Å². The van der Waals surface area contributed by atoms with Crippen molar-refractivity contribution >= 4 is 17.1 Å². The monoisotopic (exact) mass is 982 g/mol. The van der Waals surface area contributed by atoms with Crippen LogP contribution in [0.3, 0.4) is 0 Å². The molecule has 2 aromatic heterocycles. The van der Waals surface area contributed by atoms with Crippen LogP contribution in [-0.4, -0.2) is 16.6 Å². The summed E-state index contributed by atoms with van der Waals surface area (Å²) >= 11 is 0. The van der Waals surface area contributed by atoms with Gasteiger partial charge in [-0.25, -0.2) is 0 Å². The van der Waals surface area contributed by atoms with Gasteiger partial charge in [-0.2, -0.15) is 0 Å². The molecule has 0 aliphatic carbocycles. The van der Waals surface area contributed by atoms with Gasteiger partial charge in [0.25, 0.3) is 0 Å². The van der Waals surface area contributed by atoms with Crippen LogP contribution in [0.1, 0.15) is 11.1 Å². The number of benzene rings is 10. The number of hydrogen-bond donors (Lipinski definition) is 1. The Labute approximate surface area is 449 Å². The Kier molecular flexibility index (Phi) is 11.6. The molecular formula is C73H50N4. The van der Waals surface area contributed by atoms with Gasteiger partial charge in [0.05, 0.1) is 35.1 Å². The Balaban J connectivity index is 0.879. The third-order valence-electron chi connectivity index (χ3n) is 15.2. The smallest absolute Gasteiger partial charge is 0.0927 e. The van der Waals surface area contributed by atoms with E-state index in [4.69, 9.17) is 9.97 Å². The minimum absolute atomic E-state index is 0.675. The average molecular weight is 983 g/mol. The SMILES string of the molecule is c1ccc(-c2ccc(-c3cccc(-c4ccc(-c5ccccc5-c5cc(-c6ccccc6C6=C7c8ccccc8-c8ccccc8N7CN6)cc(-c6ccccc6-c6ccc(-c7ccccc7)nc6)c5)cn4)c3)cc2)cc1. The summed E-state index contributed by atoms with van der Waals surface area (Å²) in [4.78, 5) is 12.6. The Morgan fingerprint density at radius 1 is 0.260 bits per heavy atom.